The number of methoxy groups -OCH3 is 1. The van der Waals surface area contributed by atoms with Crippen LogP contribution in [-0.2, 0) is 28.6 Å². The van der Waals surface area contributed by atoms with Crippen LogP contribution < -0.4 is 0 Å². The minimum Gasteiger partial charge on any atom is -0.472 e. The van der Waals surface area contributed by atoms with E-state index < -0.39 is 46.3 Å². The Kier molecular flexibility index (Phi) is 4.55. The number of esters is 2. The van der Waals surface area contributed by atoms with Gasteiger partial charge in [-0.25, -0.2) is 0 Å². The molecule has 1 unspecified atom stereocenters. The lowest BCUT2D eigenvalue weighted by atomic mass is 9.41. The number of hydrogen-bond acceptors (Lipinski definition) is 7. The first-order valence-electron chi connectivity index (χ1n) is 12.2. The topological polar surface area (TPSA) is 92.0 Å². The zero-order valence-corrected chi connectivity index (χ0v) is 20.4. The van der Waals surface area contributed by atoms with Gasteiger partial charge in [0.2, 0.25) is 0 Å². The van der Waals surface area contributed by atoms with Crippen LogP contribution in [0.5, 0.6) is 0 Å². The Balaban J connectivity index is 1.61. The lowest BCUT2D eigenvalue weighted by Crippen LogP contribution is -2.66. The van der Waals surface area contributed by atoms with Gasteiger partial charge in [-0.3, -0.25) is 14.4 Å². The summed E-state index contributed by atoms with van der Waals surface area (Å²) in [4.78, 5) is 39.8. The second-order valence-electron chi connectivity index (χ2n) is 11.1. The molecule has 0 bridgehead atoms. The number of allylic oxidation sites excluding steroid dienone is 2. The molecule has 184 valence electrons. The standard InChI is InChI=1S/C28H30O7/c1-6-28-18(12-20(30)32-5)27(4)19(29)7-9-26(3)23(27)22(35-25(26)31)24(28)34-17-11-16(14(2)21(17)28)15-8-10-33-13-15/h6-10,13,16-18,22-24H,1,11-12H2,2-5H3/t16-,17-,18-,22-,23?,24-,26-,27+,28-/m1/s1. The van der Waals surface area contributed by atoms with Crippen molar-refractivity contribution < 1.29 is 33.0 Å². The third-order valence-electron chi connectivity index (χ3n) is 9.86. The van der Waals surface area contributed by atoms with Gasteiger partial charge in [-0.15, -0.1) is 6.58 Å². The van der Waals surface area contributed by atoms with Crippen LogP contribution in [0, 0.1) is 28.1 Å². The predicted molar refractivity (Wildman–Crippen MR) is 124 cm³/mol. The average Bonchev–Trinajstić information content (AvgIpc) is 3.59. The molecule has 6 rings (SSSR count). The third-order valence-corrected chi connectivity index (χ3v) is 9.86. The zero-order chi connectivity index (χ0) is 24.9. The maximum atomic E-state index is 13.8. The molecule has 7 nitrogen and oxygen atoms in total. The summed E-state index contributed by atoms with van der Waals surface area (Å²) in [5.74, 6) is -1.76. The van der Waals surface area contributed by atoms with Gasteiger partial charge < -0.3 is 18.6 Å². The molecule has 0 amide bonds. The molecule has 0 aromatic carbocycles. The maximum Gasteiger partial charge on any atom is 0.316 e. The van der Waals surface area contributed by atoms with Crippen molar-refractivity contribution in [3.8, 4) is 0 Å². The molecule has 2 saturated heterocycles. The van der Waals surface area contributed by atoms with E-state index in [9.17, 15) is 14.4 Å². The van der Waals surface area contributed by atoms with E-state index in [-0.39, 0.29) is 30.2 Å². The molecule has 5 aliphatic rings. The second kappa shape index (κ2) is 7.06. The first-order chi connectivity index (χ1) is 16.6. The molecule has 2 aliphatic heterocycles. The van der Waals surface area contributed by atoms with E-state index in [0.29, 0.717) is 6.42 Å². The minimum atomic E-state index is -1.06. The summed E-state index contributed by atoms with van der Waals surface area (Å²) in [5.41, 5.74) is 0.330. The smallest absolute Gasteiger partial charge is 0.316 e. The summed E-state index contributed by atoms with van der Waals surface area (Å²) in [7, 11) is 1.35. The lowest BCUT2D eigenvalue weighted by molar-refractivity contribution is -0.185. The van der Waals surface area contributed by atoms with Gasteiger partial charge in [0.25, 0.3) is 0 Å². The number of hydrogen-bond donors (Lipinski definition) is 0. The SMILES string of the molecule is C=C[C@@]12C3=C(C)[C@H](c4ccoc4)C[C@H]3O[C@@H]1[C@@H]1OC(=O)[C@]3(C)C=CC(=O)[C@@](C)(C13)[C@H]2CC(=O)OC. The fourth-order valence-electron chi connectivity index (χ4n) is 8.36. The van der Waals surface area contributed by atoms with Gasteiger partial charge in [0.1, 0.15) is 12.2 Å². The van der Waals surface area contributed by atoms with E-state index >= 15 is 0 Å². The van der Waals surface area contributed by atoms with Crippen LogP contribution in [0.2, 0.25) is 0 Å². The maximum absolute atomic E-state index is 13.8. The van der Waals surface area contributed by atoms with Crippen molar-refractivity contribution >= 4 is 17.7 Å². The van der Waals surface area contributed by atoms with Gasteiger partial charge in [-0.2, -0.15) is 0 Å². The first kappa shape index (κ1) is 22.5. The van der Waals surface area contributed by atoms with Crippen molar-refractivity contribution in [3.05, 3.63) is 60.1 Å². The molecule has 1 saturated carbocycles. The Morgan fingerprint density at radius 3 is 2.74 bits per heavy atom. The normalized spacial score (nSPS) is 45.1. The predicted octanol–water partition coefficient (Wildman–Crippen LogP) is 3.91. The van der Waals surface area contributed by atoms with Crippen LogP contribution in [-0.4, -0.2) is 43.1 Å². The van der Waals surface area contributed by atoms with Crippen LogP contribution in [0.3, 0.4) is 0 Å². The summed E-state index contributed by atoms with van der Waals surface area (Å²) in [6.45, 7) is 10.0. The number of fused-ring (bicyclic) bond motifs is 4. The molecule has 7 heteroatoms. The van der Waals surface area contributed by atoms with Gasteiger partial charge in [0.15, 0.2) is 5.78 Å². The van der Waals surface area contributed by atoms with Crippen molar-refractivity contribution in [3.63, 3.8) is 0 Å². The molecule has 3 heterocycles. The van der Waals surface area contributed by atoms with Crippen LogP contribution >= 0.6 is 0 Å². The molecule has 0 radical (unpaired) electrons. The largest absolute Gasteiger partial charge is 0.472 e. The van der Waals surface area contributed by atoms with Crippen LogP contribution in [0.1, 0.15) is 45.1 Å². The van der Waals surface area contributed by atoms with Gasteiger partial charge in [-0.05, 0) is 49.5 Å². The molecule has 0 N–H and O–H groups in total. The molecule has 3 aliphatic carbocycles. The molecule has 3 fully saturated rings. The van der Waals surface area contributed by atoms with Crippen LogP contribution in [0.15, 0.2) is 59.0 Å². The quantitative estimate of drug-likeness (QED) is 0.479. The van der Waals surface area contributed by atoms with E-state index in [1.807, 2.05) is 26.0 Å². The number of ether oxygens (including phenoxy) is 3. The number of carbonyl (C=O) groups is 3. The number of rotatable bonds is 4. The van der Waals surface area contributed by atoms with Gasteiger partial charge in [0.05, 0.1) is 37.6 Å². The highest BCUT2D eigenvalue weighted by Gasteiger charge is 2.78. The Bertz CT molecular complexity index is 1210. The van der Waals surface area contributed by atoms with Crippen molar-refractivity contribution in [1.29, 1.82) is 0 Å². The molecule has 1 aromatic rings. The fraction of sp³-hybridized carbons (Fsp3) is 0.536. The molecule has 35 heavy (non-hydrogen) atoms. The zero-order valence-electron chi connectivity index (χ0n) is 20.4. The summed E-state index contributed by atoms with van der Waals surface area (Å²) in [6.07, 6.45) is 7.73. The Morgan fingerprint density at radius 1 is 1.31 bits per heavy atom. The number of carbonyl (C=O) groups excluding carboxylic acids is 3. The first-order valence-corrected chi connectivity index (χ1v) is 12.2. The van der Waals surface area contributed by atoms with Gasteiger partial charge >= 0.3 is 11.9 Å². The summed E-state index contributed by atoms with van der Waals surface area (Å²) in [6, 6.07) is 1.96. The highest BCUT2D eigenvalue weighted by molar-refractivity contribution is 6.00. The molecule has 0 spiro atoms. The highest BCUT2D eigenvalue weighted by Crippen LogP contribution is 2.72. The average molecular weight is 479 g/mol. The Labute approximate surface area is 204 Å². The molecule has 9 atom stereocenters. The van der Waals surface area contributed by atoms with Crippen molar-refractivity contribution in [2.24, 2.45) is 28.1 Å². The van der Waals surface area contributed by atoms with Crippen molar-refractivity contribution in [1.82, 2.24) is 0 Å². The molecular formula is C28H30O7. The highest BCUT2D eigenvalue weighted by atomic mass is 16.6. The summed E-state index contributed by atoms with van der Waals surface area (Å²) >= 11 is 0. The fourth-order valence-corrected chi connectivity index (χ4v) is 8.36. The van der Waals surface area contributed by atoms with Crippen molar-refractivity contribution in [2.45, 2.75) is 57.8 Å². The lowest BCUT2D eigenvalue weighted by Gasteiger charge is -2.59. The van der Waals surface area contributed by atoms with Crippen molar-refractivity contribution in [2.75, 3.05) is 7.11 Å². The monoisotopic (exact) mass is 478 g/mol. The van der Waals surface area contributed by atoms with E-state index in [4.69, 9.17) is 18.6 Å². The summed E-state index contributed by atoms with van der Waals surface area (Å²) in [5, 5.41) is 0. The number of furan rings is 1. The molecular weight excluding hydrogens is 448 g/mol. The number of ketones is 1. The van der Waals surface area contributed by atoms with Crippen LogP contribution in [0.25, 0.3) is 0 Å². The Morgan fingerprint density at radius 2 is 2.09 bits per heavy atom. The summed E-state index contributed by atoms with van der Waals surface area (Å²) < 4.78 is 23.3. The molecule has 1 aromatic heterocycles. The minimum absolute atomic E-state index is 0.00578. The van der Waals surface area contributed by atoms with E-state index in [1.165, 1.54) is 13.2 Å². The van der Waals surface area contributed by atoms with Gasteiger partial charge in [0, 0.05) is 22.7 Å². The second-order valence-corrected chi connectivity index (χ2v) is 11.1. The van der Waals surface area contributed by atoms with Gasteiger partial charge in [-0.1, -0.05) is 24.6 Å². The van der Waals surface area contributed by atoms with E-state index in [1.54, 1.807) is 18.6 Å². The van der Waals surface area contributed by atoms with E-state index in [0.717, 1.165) is 16.7 Å². The third kappa shape index (κ3) is 2.47. The Hall–Kier alpha value is -2.93. The van der Waals surface area contributed by atoms with Crippen LogP contribution in [0.4, 0.5) is 0 Å². The van der Waals surface area contributed by atoms with E-state index in [2.05, 4.69) is 13.5 Å².